The van der Waals surface area contributed by atoms with Crippen molar-refractivity contribution < 1.29 is 5.11 Å². The minimum Gasteiger partial charge on any atom is -0.393 e. The van der Waals surface area contributed by atoms with Gasteiger partial charge in [0.05, 0.1) is 6.10 Å². The molecule has 0 bridgehead atoms. The Bertz CT molecular complexity index is 271. The van der Waals surface area contributed by atoms with Crippen LogP contribution >= 0.6 is 11.3 Å². The number of hydrogen-bond donors (Lipinski definition) is 2. The maximum Gasteiger partial charge on any atom is 0.0515 e. The molecule has 0 aliphatic heterocycles. The summed E-state index contributed by atoms with van der Waals surface area (Å²) in [4.78, 5) is 1.41. The van der Waals surface area contributed by atoms with Gasteiger partial charge in [-0.2, -0.15) is 0 Å². The normalized spacial score (nSPS) is 17.0. The van der Waals surface area contributed by atoms with Crippen molar-refractivity contribution in [3.05, 3.63) is 22.4 Å². The van der Waals surface area contributed by atoms with Crippen LogP contribution in [-0.2, 0) is 0 Å². The highest BCUT2D eigenvalue weighted by Crippen LogP contribution is 2.22. The number of aliphatic hydroxyl groups is 1. The van der Waals surface area contributed by atoms with Crippen LogP contribution in [0.3, 0.4) is 0 Å². The molecule has 92 valence electrons. The van der Waals surface area contributed by atoms with Crippen molar-refractivity contribution in [2.75, 3.05) is 6.54 Å². The second kappa shape index (κ2) is 7.05. The third-order valence-electron chi connectivity index (χ3n) is 2.75. The molecule has 0 amide bonds. The maximum absolute atomic E-state index is 9.30. The first-order valence-corrected chi connectivity index (χ1v) is 6.96. The van der Waals surface area contributed by atoms with Gasteiger partial charge in [0.1, 0.15) is 0 Å². The van der Waals surface area contributed by atoms with Gasteiger partial charge in [0.15, 0.2) is 0 Å². The van der Waals surface area contributed by atoms with Gasteiger partial charge in [-0.1, -0.05) is 19.9 Å². The van der Waals surface area contributed by atoms with Crippen LogP contribution in [0.5, 0.6) is 0 Å². The van der Waals surface area contributed by atoms with Gasteiger partial charge >= 0.3 is 0 Å². The van der Waals surface area contributed by atoms with E-state index in [2.05, 4.69) is 36.7 Å². The summed E-state index contributed by atoms with van der Waals surface area (Å²) in [7, 11) is 0. The fourth-order valence-corrected chi connectivity index (χ4v) is 2.83. The highest BCUT2D eigenvalue weighted by Gasteiger charge is 2.12. The van der Waals surface area contributed by atoms with Crippen LogP contribution in [-0.4, -0.2) is 17.8 Å². The lowest BCUT2D eigenvalue weighted by Crippen LogP contribution is -2.27. The molecule has 0 saturated carbocycles. The van der Waals surface area contributed by atoms with Gasteiger partial charge in [0.25, 0.3) is 0 Å². The minimum absolute atomic E-state index is 0.196. The summed E-state index contributed by atoms with van der Waals surface area (Å²) in [5.74, 6) is 0.522. The molecule has 0 radical (unpaired) electrons. The number of thiophene rings is 1. The van der Waals surface area contributed by atoms with E-state index in [9.17, 15) is 5.11 Å². The smallest absolute Gasteiger partial charge is 0.0515 e. The highest BCUT2D eigenvalue weighted by molar-refractivity contribution is 7.10. The molecule has 1 aromatic rings. The predicted molar refractivity (Wildman–Crippen MR) is 70.8 cm³/mol. The zero-order valence-electron chi connectivity index (χ0n) is 10.4. The first kappa shape index (κ1) is 13.7. The third-order valence-corrected chi connectivity index (χ3v) is 3.74. The summed E-state index contributed by atoms with van der Waals surface area (Å²) >= 11 is 1.81. The van der Waals surface area contributed by atoms with Gasteiger partial charge in [-0.25, -0.2) is 0 Å². The summed E-state index contributed by atoms with van der Waals surface area (Å²) in [5.41, 5.74) is 0. The summed E-state index contributed by atoms with van der Waals surface area (Å²) < 4.78 is 0. The van der Waals surface area contributed by atoms with E-state index in [1.165, 1.54) is 4.88 Å². The summed E-state index contributed by atoms with van der Waals surface area (Å²) in [6.07, 6.45) is 1.79. The third kappa shape index (κ3) is 4.64. The number of aliphatic hydroxyl groups excluding tert-OH is 1. The first-order chi connectivity index (χ1) is 7.63. The van der Waals surface area contributed by atoms with E-state index in [4.69, 9.17) is 0 Å². The molecule has 2 N–H and O–H groups in total. The highest BCUT2D eigenvalue weighted by atomic mass is 32.1. The van der Waals surface area contributed by atoms with Crippen molar-refractivity contribution in [2.24, 2.45) is 5.92 Å². The average Bonchev–Trinajstić information content (AvgIpc) is 2.71. The Morgan fingerprint density at radius 3 is 2.69 bits per heavy atom. The second-order valence-electron chi connectivity index (χ2n) is 4.57. The van der Waals surface area contributed by atoms with Crippen molar-refractivity contribution in [3.8, 4) is 0 Å². The molecule has 2 nitrogen and oxygen atoms in total. The van der Waals surface area contributed by atoms with Gasteiger partial charge in [0, 0.05) is 10.9 Å². The van der Waals surface area contributed by atoms with Crippen LogP contribution in [0.2, 0.25) is 0 Å². The fraction of sp³-hybridized carbons (Fsp3) is 0.692. The van der Waals surface area contributed by atoms with E-state index in [0.717, 1.165) is 19.4 Å². The van der Waals surface area contributed by atoms with Crippen molar-refractivity contribution in [1.29, 1.82) is 0 Å². The van der Waals surface area contributed by atoms with E-state index in [1.54, 1.807) is 0 Å². The molecule has 1 rings (SSSR count). The molecule has 0 fully saturated rings. The Labute approximate surface area is 103 Å². The molecule has 3 atom stereocenters. The average molecular weight is 241 g/mol. The molecule has 1 aromatic heterocycles. The molecular formula is C13H23NOS. The van der Waals surface area contributed by atoms with Crippen LogP contribution < -0.4 is 5.32 Å². The largest absolute Gasteiger partial charge is 0.393 e. The van der Waals surface area contributed by atoms with Gasteiger partial charge in [0.2, 0.25) is 0 Å². The Kier molecular flexibility index (Phi) is 6.03. The minimum atomic E-state index is -0.196. The molecule has 0 spiro atoms. The van der Waals surface area contributed by atoms with Gasteiger partial charge in [-0.3, -0.25) is 0 Å². The molecular weight excluding hydrogens is 218 g/mol. The monoisotopic (exact) mass is 241 g/mol. The molecule has 0 saturated heterocycles. The fourth-order valence-electron chi connectivity index (χ4n) is 1.94. The van der Waals surface area contributed by atoms with Crippen LogP contribution in [0, 0.1) is 5.92 Å². The van der Waals surface area contributed by atoms with Crippen LogP contribution in [0.1, 0.15) is 44.5 Å². The Balaban J connectivity index is 2.35. The molecule has 3 unspecified atom stereocenters. The predicted octanol–water partition coefficient (Wildman–Crippen LogP) is 3.20. The molecule has 0 aliphatic carbocycles. The zero-order valence-corrected chi connectivity index (χ0v) is 11.3. The van der Waals surface area contributed by atoms with Crippen molar-refractivity contribution in [3.63, 3.8) is 0 Å². The SMILES string of the molecule is CCC(NCC(C)CC(C)O)c1cccs1. The van der Waals surface area contributed by atoms with E-state index in [-0.39, 0.29) is 6.10 Å². The van der Waals surface area contributed by atoms with Gasteiger partial charge in [-0.05, 0) is 43.7 Å². The summed E-state index contributed by atoms with van der Waals surface area (Å²) in [6.45, 7) is 7.21. The van der Waals surface area contributed by atoms with Crippen LogP contribution in [0.15, 0.2) is 17.5 Å². The zero-order chi connectivity index (χ0) is 12.0. The lowest BCUT2D eigenvalue weighted by molar-refractivity contribution is 0.162. The van der Waals surface area contributed by atoms with Crippen molar-refractivity contribution >= 4 is 11.3 Å². The molecule has 3 heteroatoms. The number of hydrogen-bond acceptors (Lipinski definition) is 3. The van der Waals surface area contributed by atoms with E-state index in [0.29, 0.717) is 12.0 Å². The molecule has 1 heterocycles. The van der Waals surface area contributed by atoms with E-state index >= 15 is 0 Å². The first-order valence-electron chi connectivity index (χ1n) is 6.08. The van der Waals surface area contributed by atoms with Gasteiger partial charge in [-0.15, -0.1) is 11.3 Å². The maximum atomic E-state index is 9.30. The molecule has 0 aliphatic rings. The van der Waals surface area contributed by atoms with Crippen LogP contribution in [0.4, 0.5) is 0 Å². The van der Waals surface area contributed by atoms with E-state index in [1.807, 2.05) is 18.3 Å². The topological polar surface area (TPSA) is 32.3 Å². The van der Waals surface area contributed by atoms with Crippen LogP contribution in [0.25, 0.3) is 0 Å². The standard InChI is InChI=1S/C13H23NOS/c1-4-12(13-6-5-7-16-13)14-9-10(2)8-11(3)15/h5-7,10-12,14-15H,4,8-9H2,1-3H3. The Morgan fingerprint density at radius 1 is 1.44 bits per heavy atom. The Hall–Kier alpha value is -0.380. The number of nitrogens with one attached hydrogen (secondary N) is 1. The second-order valence-corrected chi connectivity index (χ2v) is 5.55. The lowest BCUT2D eigenvalue weighted by Gasteiger charge is -2.19. The van der Waals surface area contributed by atoms with Crippen molar-refractivity contribution in [2.45, 2.75) is 45.8 Å². The molecule has 0 aromatic carbocycles. The number of rotatable bonds is 7. The van der Waals surface area contributed by atoms with Gasteiger partial charge < -0.3 is 10.4 Å². The van der Waals surface area contributed by atoms with Crippen molar-refractivity contribution in [1.82, 2.24) is 5.32 Å². The lowest BCUT2D eigenvalue weighted by atomic mass is 10.0. The Morgan fingerprint density at radius 2 is 2.19 bits per heavy atom. The quantitative estimate of drug-likeness (QED) is 0.768. The summed E-state index contributed by atoms with van der Waals surface area (Å²) in [6, 6.07) is 4.76. The van der Waals surface area contributed by atoms with E-state index < -0.39 is 0 Å². The molecule has 16 heavy (non-hydrogen) atoms. The summed E-state index contributed by atoms with van der Waals surface area (Å²) in [5, 5.41) is 15.0.